The van der Waals surface area contributed by atoms with Crippen molar-refractivity contribution in [3.8, 4) is 0 Å². The van der Waals surface area contributed by atoms with Crippen LogP contribution in [0.3, 0.4) is 0 Å². The number of rotatable bonds is 3. The van der Waals surface area contributed by atoms with E-state index in [0.29, 0.717) is 18.1 Å². The number of amides is 2. The molecule has 0 spiro atoms. The van der Waals surface area contributed by atoms with Crippen LogP contribution in [0.5, 0.6) is 0 Å². The maximum absolute atomic E-state index is 11.7. The van der Waals surface area contributed by atoms with Crippen LogP contribution in [-0.4, -0.2) is 23.3 Å². The van der Waals surface area contributed by atoms with Gasteiger partial charge in [-0.1, -0.05) is 23.7 Å². The van der Waals surface area contributed by atoms with E-state index in [9.17, 15) is 9.59 Å². The normalized spacial score (nSPS) is 19.3. The van der Waals surface area contributed by atoms with Gasteiger partial charge in [-0.3, -0.25) is 9.59 Å². The highest BCUT2D eigenvalue weighted by Gasteiger charge is 2.33. The summed E-state index contributed by atoms with van der Waals surface area (Å²) in [6.07, 6.45) is 0.207. The van der Waals surface area contributed by atoms with Crippen molar-refractivity contribution in [2.24, 2.45) is 11.7 Å². The summed E-state index contributed by atoms with van der Waals surface area (Å²) in [5.74, 6) is -0.835. The molecule has 5 heteroatoms. The first-order chi connectivity index (χ1) is 8.47. The Balaban J connectivity index is 2.10. The van der Waals surface area contributed by atoms with E-state index < -0.39 is 5.91 Å². The van der Waals surface area contributed by atoms with Crippen LogP contribution >= 0.6 is 11.6 Å². The van der Waals surface area contributed by atoms with Gasteiger partial charge in [0, 0.05) is 24.5 Å². The van der Waals surface area contributed by atoms with Crippen molar-refractivity contribution in [2.45, 2.75) is 19.9 Å². The number of halogens is 1. The minimum atomic E-state index is -0.416. The number of nitrogens with zero attached hydrogens (tertiary/aromatic N) is 1. The Morgan fingerprint density at radius 3 is 2.83 bits per heavy atom. The first-order valence-corrected chi connectivity index (χ1v) is 6.17. The van der Waals surface area contributed by atoms with E-state index >= 15 is 0 Å². The fourth-order valence-electron chi connectivity index (χ4n) is 2.10. The largest absolute Gasteiger partial charge is 0.369 e. The predicted molar refractivity (Wildman–Crippen MR) is 68.9 cm³/mol. The average Bonchev–Trinajstić information content (AvgIpc) is 2.64. The molecule has 1 heterocycles. The molecule has 1 atom stereocenters. The SMILES string of the molecule is Cc1ccc(CN2CC(C(N)=O)CC2=O)c(Cl)c1. The molecular weight excluding hydrogens is 252 g/mol. The van der Waals surface area contributed by atoms with E-state index in [1.807, 2.05) is 25.1 Å². The molecule has 1 aliphatic heterocycles. The summed E-state index contributed by atoms with van der Waals surface area (Å²) in [7, 11) is 0. The van der Waals surface area contributed by atoms with Crippen molar-refractivity contribution in [1.29, 1.82) is 0 Å². The number of nitrogens with two attached hydrogens (primary N) is 1. The molecule has 2 N–H and O–H groups in total. The average molecular weight is 267 g/mol. The van der Waals surface area contributed by atoms with Gasteiger partial charge in [0.1, 0.15) is 0 Å². The lowest BCUT2D eigenvalue weighted by atomic mass is 10.1. The molecule has 2 amide bonds. The fraction of sp³-hybridized carbons (Fsp3) is 0.385. The number of benzene rings is 1. The van der Waals surface area contributed by atoms with Crippen molar-refractivity contribution >= 4 is 23.4 Å². The zero-order valence-corrected chi connectivity index (χ0v) is 10.9. The Morgan fingerprint density at radius 2 is 2.28 bits per heavy atom. The fourth-order valence-corrected chi connectivity index (χ4v) is 2.40. The molecular formula is C13H15ClN2O2. The lowest BCUT2D eigenvalue weighted by Crippen LogP contribution is -2.28. The Labute approximate surface area is 111 Å². The molecule has 1 aromatic carbocycles. The van der Waals surface area contributed by atoms with E-state index in [4.69, 9.17) is 17.3 Å². The van der Waals surface area contributed by atoms with Gasteiger partial charge in [-0.2, -0.15) is 0 Å². The van der Waals surface area contributed by atoms with Crippen LogP contribution in [0.15, 0.2) is 18.2 Å². The Hall–Kier alpha value is -1.55. The van der Waals surface area contributed by atoms with Gasteiger partial charge in [-0.15, -0.1) is 0 Å². The van der Waals surface area contributed by atoms with Crippen molar-refractivity contribution in [3.63, 3.8) is 0 Å². The third kappa shape index (κ3) is 2.64. The molecule has 1 fully saturated rings. The Kier molecular flexibility index (Phi) is 3.57. The molecule has 4 nitrogen and oxygen atoms in total. The zero-order chi connectivity index (χ0) is 13.3. The topological polar surface area (TPSA) is 63.4 Å². The second-order valence-electron chi connectivity index (χ2n) is 4.67. The second kappa shape index (κ2) is 4.98. The molecule has 0 saturated carbocycles. The van der Waals surface area contributed by atoms with Gasteiger partial charge in [0.05, 0.1) is 5.92 Å². The first-order valence-electron chi connectivity index (χ1n) is 5.79. The minimum Gasteiger partial charge on any atom is -0.369 e. The highest BCUT2D eigenvalue weighted by Crippen LogP contribution is 2.24. The molecule has 0 aromatic heterocycles. The second-order valence-corrected chi connectivity index (χ2v) is 5.08. The molecule has 2 rings (SSSR count). The van der Waals surface area contributed by atoms with Crippen LogP contribution < -0.4 is 5.73 Å². The molecule has 1 saturated heterocycles. The summed E-state index contributed by atoms with van der Waals surface area (Å²) < 4.78 is 0. The van der Waals surface area contributed by atoms with E-state index in [1.54, 1.807) is 4.90 Å². The number of likely N-dealkylation sites (tertiary alicyclic amines) is 1. The predicted octanol–water partition coefficient (Wildman–Crippen LogP) is 1.48. The van der Waals surface area contributed by atoms with E-state index in [1.165, 1.54) is 0 Å². The first kappa shape index (κ1) is 12.9. The van der Waals surface area contributed by atoms with Gasteiger partial charge >= 0.3 is 0 Å². The smallest absolute Gasteiger partial charge is 0.223 e. The Morgan fingerprint density at radius 1 is 1.56 bits per heavy atom. The molecule has 1 aromatic rings. The van der Waals surface area contributed by atoms with Crippen LogP contribution in [0.25, 0.3) is 0 Å². The number of carbonyl (C=O) groups is 2. The summed E-state index contributed by atoms with van der Waals surface area (Å²) in [5.41, 5.74) is 7.19. The highest BCUT2D eigenvalue weighted by molar-refractivity contribution is 6.31. The van der Waals surface area contributed by atoms with Gasteiger partial charge in [0.2, 0.25) is 11.8 Å². The number of carbonyl (C=O) groups excluding carboxylic acids is 2. The van der Waals surface area contributed by atoms with Crippen molar-refractivity contribution < 1.29 is 9.59 Å². The lowest BCUT2D eigenvalue weighted by molar-refractivity contribution is -0.128. The minimum absolute atomic E-state index is 0.0459. The highest BCUT2D eigenvalue weighted by atomic mass is 35.5. The number of primary amides is 1. The van der Waals surface area contributed by atoms with E-state index in [0.717, 1.165) is 11.1 Å². The summed E-state index contributed by atoms with van der Waals surface area (Å²) in [6, 6.07) is 5.72. The number of hydrogen-bond acceptors (Lipinski definition) is 2. The van der Waals surface area contributed by atoms with Gasteiger partial charge in [0.25, 0.3) is 0 Å². The van der Waals surface area contributed by atoms with E-state index in [2.05, 4.69) is 0 Å². The van der Waals surface area contributed by atoms with Gasteiger partial charge in [-0.05, 0) is 24.1 Å². The Bertz CT molecular complexity index is 502. The third-order valence-corrected chi connectivity index (χ3v) is 3.54. The summed E-state index contributed by atoms with van der Waals surface area (Å²) in [6.45, 7) is 2.78. The molecule has 0 radical (unpaired) electrons. The van der Waals surface area contributed by atoms with Crippen LogP contribution in [0.1, 0.15) is 17.5 Å². The van der Waals surface area contributed by atoms with Gasteiger partial charge in [0.15, 0.2) is 0 Å². The third-order valence-electron chi connectivity index (χ3n) is 3.19. The molecule has 18 heavy (non-hydrogen) atoms. The van der Waals surface area contributed by atoms with Crippen molar-refractivity contribution in [1.82, 2.24) is 4.90 Å². The number of aryl methyl sites for hydroxylation is 1. The molecule has 1 aliphatic rings. The monoisotopic (exact) mass is 266 g/mol. The van der Waals surface area contributed by atoms with Gasteiger partial charge in [-0.25, -0.2) is 0 Å². The van der Waals surface area contributed by atoms with Crippen LogP contribution in [0.2, 0.25) is 5.02 Å². The summed E-state index contributed by atoms with van der Waals surface area (Å²) >= 11 is 6.12. The standard InChI is InChI=1S/C13H15ClN2O2/c1-8-2-3-9(11(14)4-8)6-16-7-10(13(15)18)5-12(16)17/h2-4,10H,5-7H2,1H3,(H2,15,18). The van der Waals surface area contributed by atoms with Crippen LogP contribution in [-0.2, 0) is 16.1 Å². The quantitative estimate of drug-likeness (QED) is 0.901. The van der Waals surface area contributed by atoms with E-state index in [-0.39, 0.29) is 18.2 Å². The zero-order valence-electron chi connectivity index (χ0n) is 10.1. The molecule has 0 aliphatic carbocycles. The molecule has 96 valence electrons. The summed E-state index contributed by atoms with van der Waals surface area (Å²) in [4.78, 5) is 24.5. The van der Waals surface area contributed by atoms with Crippen molar-refractivity contribution in [3.05, 3.63) is 34.3 Å². The lowest BCUT2D eigenvalue weighted by Gasteiger charge is -2.17. The molecule has 0 bridgehead atoms. The van der Waals surface area contributed by atoms with Crippen molar-refractivity contribution in [2.75, 3.05) is 6.54 Å². The molecule has 1 unspecified atom stereocenters. The van der Waals surface area contributed by atoms with Crippen LogP contribution in [0, 0.1) is 12.8 Å². The van der Waals surface area contributed by atoms with Gasteiger partial charge < -0.3 is 10.6 Å². The summed E-state index contributed by atoms with van der Waals surface area (Å²) in [5, 5.41) is 0.644. The van der Waals surface area contributed by atoms with Crippen LogP contribution in [0.4, 0.5) is 0 Å². The number of hydrogen-bond donors (Lipinski definition) is 1. The maximum atomic E-state index is 11.7. The maximum Gasteiger partial charge on any atom is 0.223 e.